The van der Waals surface area contributed by atoms with Crippen molar-refractivity contribution >= 4 is 23.3 Å². The molecule has 1 amide bonds. The van der Waals surface area contributed by atoms with Gasteiger partial charge in [-0.2, -0.15) is 5.10 Å². The van der Waals surface area contributed by atoms with Crippen LogP contribution >= 0.6 is 11.6 Å². The summed E-state index contributed by atoms with van der Waals surface area (Å²) in [6.07, 6.45) is 5.21. The number of amides is 1. The Hall–Kier alpha value is -2.86. The minimum atomic E-state index is -0.346. The number of phenolic OH excluding ortho intramolecular Hbond substituents is 1. The fourth-order valence-corrected chi connectivity index (χ4v) is 2.21. The lowest BCUT2D eigenvalue weighted by Crippen LogP contribution is -2.12. The van der Waals surface area contributed by atoms with E-state index in [-0.39, 0.29) is 16.7 Å². The van der Waals surface area contributed by atoms with Gasteiger partial charge in [-0.05, 0) is 35.9 Å². The van der Waals surface area contributed by atoms with Crippen molar-refractivity contribution in [2.45, 2.75) is 6.54 Å². The highest BCUT2D eigenvalue weighted by Gasteiger charge is 2.10. The molecule has 0 aliphatic rings. The molecule has 0 saturated carbocycles. The second-order valence-electron chi connectivity index (χ2n) is 4.87. The number of rotatable bonds is 4. The Morgan fingerprint density at radius 1 is 1.22 bits per heavy atom. The Labute approximate surface area is 137 Å². The van der Waals surface area contributed by atoms with Crippen LogP contribution in [0.25, 0.3) is 0 Å². The fourth-order valence-electron chi connectivity index (χ4n) is 2.03. The summed E-state index contributed by atoms with van der Waals surface area (Å²) in [4.78, 5) is 16.1. The zero-order valence-corrected chi connectivity index (χ0v) is 12.7. The smallest absolute Gasteiger partial charge is 0.256 e. The van der Waals surface area contributed by atoms with E-state index in [0.29, 0.717) is 17.9 Å². The number of nitrogens with one attached hydrogen (secondary N) is 1. The van der Waals surface area contributed by atoms with Crippen LogP contribution < -0.4 is 5.32 Å². The third-order valence-electron chi connectivity index (χ3n) is 3.19. The van der Waals surface area contributed by atoms with E-state index in [0.717, 1.165) is 5.56 Å². The van der Waals surface area contributed by atoms with Gasteiger partial charge in [0.15, 0.2) is 5.82 Å². The molecule has 0 aliphatic heterocycles. The highest BCUT2D eigenvalue weighted by molar-refractivity contribution is 6.32. The van der Waals surface area contributed by atoms with Gasteiger partial charge in [0.1, 0.15) is 5.75 Å². The van der Waals surface area contributed by atoms with Crippen LogP contribution in [0.4, 0.5) is 5.82 Å². The van der Waals surface area contributed by atoms with Crippen molar-refractivity contribution in [2.75, 3.05) is 5.32 Å². The monoisotopic (exact) mass is 328 g/mol. The Morgan fingerprint density at radius 3 is 2.74 bits per heavy atom. The molecule has 0 saturated heterocycles. The quantitative estimate of drug-likeness (QED) is 0.771. The molecule has 0 atom stereocenters. The van der Waals surface area contributed by atoms with E-state index in [4.69, 9.17) is 11.6 Å². The molecular formula is C16H13ClN4O2. The van der Waals surface area contributed by atoms with E-state index in [1.165, 1.54) is 18.2 Å². The van der Waals surface area contributed by atoms with Crippen LogP contribution in [0.15, 0.2) is 55.0 Å². The van der Waals surface area contributed by atoms with E-state index >= 15 is 0 Å². The average molecular weight is 329 g/mol. The Balaban J connectivity index is 1.68. The number of hydrogen-bond acceptors (Lipinski definition) is 4. The van der Waals surface area contributed by atoms with E-state index in [9.17, 15) is 9.90 Å². The van der Waals surface area contributed by atoms with Crippen molar-refractivity contribution in [2.24, 2.45) is 0 Å². The van der Waals surface area contributed by atoms with Crippen LogP contribution in [-0.4, -0.2) is 25.8 Å². The van der Waals surface area contributed by atoms with Gasteiger partial charge in [-0.3, -0.25) is 14.5 Å². The number of nitrogens with zero attached hydrogens (tertiary/aromatic N) is 3. The molecule has 0 spiro atoms. The maximum Gasteiger partial charge on any atom is 0.256 e. The molecule has 6 nitrogen and oxygen atoms in total. The molecule has 1 aromatic carbocycles. The number of benzene rings is 1. The van der Waals surface area contributed by atoms with Crippen LogP contribution in [-0.2, 0) is 6.54 Å². The number of halogens is 1. The van der Waals surface area contributed by atoms with Crippen molar-refractivity contribution in [3.05, 3.63) is 71.1 Å². The Kier molecular flexibility index (Phi) is 4.25. The van der Waals surface area contributed by atoms with Crippen LogP contribution in [0.2, 0.25) is 5.02 Å². The van der Waals surface area contributed by atoms with Gasteiger partial charge in [0.2, 0.25) is 0 Å². The molecule has 3 aromatic rings. The van der Waals surface area contributed by atoms with Crippen LogP contribution in [0.5, 0.6) is 5.75 Å². The van der Waals surface area contributed by atoms with Gasteiger partial charge < -0.3 is 10.4 Å². The minimum Gasteiger partial charge on any atom is -0.506 e. The highest BCUT2D eigenvalue weighted by Crippen LogP contribution is 2.24. The number of carbonyl (C=O) groups is 1. The molecule has 2 heterocycles. The van der Waals surface area contributed by atoms with Gasteiger partial charge in [-0.1, -0.05) is 11.6 Å². The summed E-state index contributed by atoms with van der Waals surface area (Å²) < 4.78 is 1.72. The number of carbonyl (C=O) groups excluding carboxylic acids is 1. The molecule has 3 rings (SSSR count). The van der Waals surface area contributed by atoms with Crippen molar-refractivity contribution in [3.8, 4) is 5.75 Å². The summed E-state index contributed by atoms with van der Waals surface area (Å²) in [5, 5.41) is 16.5. The van der Waals surface area contributed by atoms with E-state index in [2.05, 4.69) is 15.4 Å². The molecule has 0 unspecified atom stereocenters. The van der Waals surface area contributed by atoms with Crippen LogP contribution in [0.3, 0.4) is 0 Å². The normalized spacial score (nSPS) is 10.5. The first-order valence-electron chi connectivity index (χ1n) is 6.84. The lowest BCUT2D eigenvalue weighted by atomic mass is 10.2. The lowest BCUT2D eigenvalue weighted by Gasteiger charge is -2.04. The van der Waals surface area contributed by atoms with E-state index < -0.39 is 0 Å². The SMILES string of the molecule is O=C(Nc1ccn(Cc2ccncc2)n1)c1ccc(O)c(Cl)c1. The van der Waals surface area contributed by atoms with Gasteiger partial charge in [0.05, 0.1) is 11.6 Å². The van der Waals surface area contributed by atoms with E-state index in [1.807, 2.05) is 12.1 Å². The minimum absolute atomic E-state index is 0.0650. The molecule has 23 heavy (non-hydrogen) atoms. The molecule has 2 N–H and O–H groups in total. The summed E-state index contributed by atoms with van der Waals surface area (Å²) in [7, 11) is 0. The summed E-state index contributed by atoms with van der Waals surface area (Å²) in [5.41, 5.74) is 1.41. The summed E-state index contributed by atoms with van der Waals surface area (Å²) in [6, 6.07) is 9.78. The first-order chi connectivity index (χ1) is 11.1. The number of hydrogen-bond donors (Lipinski definition) is 2. The zero-order chi connectivity index (χ0) is 16.2. The molecule has 2 aromatic heterocycles. The molecule has 0 bridgehead atoms. The second kappa shape index (κ2) is 6.50. The zero-order valence-electron chi connectivity index (χ0n) is 12.0. The number of pyridine rings is 1. The summed E-state index contributed by atoms with van der Waals surface area (Å²) in [5.74, 6) is 0.0270. The third kappa shape index (κ3) is 3.67. The number of anilines is 1. The van der Waals surface area contributed by atoms with Crippen molar-refractivity contribution in [1.82, 2.24) is 14.8 Å². The predicted octanol–water partition coefficient (Wildman–Crippen LogP) is 2.94. The van der Waals surface area contributed by atoms with Crippen molar-refractivity contribution in [1.29, 1.82) is 0 Å². The van der Waals surface area contributed by atoms with Gasteiger partial charge in [-0.15, -0.1) is 0 Å². The molecule has 0 fully saturated rings. The highest BCUT2D eigenvalue weighted by atomic mass is 35.5. The molecule has 116 valence electrons. The topological polar surface area (TPSA) is 80.0 Å². The van der Waals surface area contributed by atoms with Crippen molar-refractivity contribution < 1.29 is 9.90 Å². The van der Waals surface area contributed by atoms with Gasteiger partial charge in [0, 0.05) is 30.2 Å². The Morgan fingerprint density at radius 2 is 2.00 bits per heavy atom. The number of phenols is 1. The molecule has 0 aliphatic carbocycles. The number of aromatic nitrogens is 3. The first kappa shape index (κ1) is 15.1. The predicted molar refractivity (Wildman–Crippen MR) is 86.6 cm³/mol. The average Bonchev–Trinajstić information content (AvgIpc) is 2.98. The fraction of sp³-hybridized carbons (Fsp3) is 0.0625. The van der Waals surface area contributed by atoms with Crippen LogP contribution in [0.1, 0.15) is 15.9 Å². The molecule has 0 radical (unpaired) electrons. The second-order valence-corrected chi connectivity index (χ2v) is 5.28. The molecule has 7 heteroatoms. The number of aromatic hydroxyl groups is 1. The van der Waals surface area contributed by atoms with Crippen molar-refractivity contribution in [3.63, 3.8) is 0 Å². The standard InChI is InChI=1S/C16H13ClN4O2/c17-13-9-12(1-2-14(13)22)16(23)19-15-5-8-21(20-15)10-11-3-6-18-7-4-11/h1-9,22H,10H2,(H,19,20,23). The van der Waals surface area contributed by atoms with Crippen LogP contribution in [0, 0.1) is 0 Å². The Bertz CT molecular complexity index is 833. The summed E-state index contributed by atoms with van der Waals surface area (Å²) in [6.45, 7) is 0.587. The van der Waals surface area contributed by atoms with Gasteiger partial charge in [-0.25, -0.2) is 0 Å². The first-order valence-corrected chi connectivity index (χ1v) is 7.22. The largest absolute Gasteiger partial charge is 0.506 e. The maximum absolute atomic E-state index is 12.1. The molecular weight excluding hydrogens is 316 g/mol. The van der Waals surface area contributed by atoms with Gasteiger partial charge >= 0.3 is 0 Å². The van der Waals surface area contributed by atoms with Gasteiger partial charge in [0.25, 0.3) is 5.91 Å². The lowest BCUT2D eigenvalue weighted by molar-refractivity contribution is 0.102. The summed E-state index contributed by atoms with van der Waals surface area (Å²) >= 11 is 5.80. The third-order valence-corrected chi connectivity index (χ3v) is 3.49. The van der Waals surface area contributed by atoms with E-state index in [1.54, 1.807) is 29.3 Å². The maximum atomic E-state index is 12.1.